The molecule has 1 amide bonds. The highest BCUT2D eigenvalue weighted by molar-refractivity contribution is 7.17. The van der Waals surface area contributed by atoms with E-state index in [4.69, 9.17) is 4.74 Å². The van der Waals surface area contributed by atoms with Crippen LogP contribution in [0.15, 0.2) is 24.3 Å². The fraction of sp³-hybridized carbons (Fsp3) is 0.389. The van der Waals surface area contributed by atoms with E-state index >= 15 is 0 Å². The van der Waals surface area contributed by atoms with Gasteiger partial charge in [-0.2, -0.15) is 0 Å². The van der Waals surface area contributed by atoms with Gasteiger partial charge in [0.05, 0.1) is 22.7 Å². The number of anilines is 1. The van der Waals surface area contributed by atoms with E-state index < -0.39 is 0 Å². The van der Waals surface area contributed by atoms with E-state index in [1.807, 2.05) is 13.0 Å². The first-order valence-corrected chi connectivity index (χ1v) is 8.77. The second-order valence-electron chi connectivity index (χ2n) is 6.62. The van der Waals surface area contributed by atoms with Crippen LogP contribution in [0.5, 0.6) is 5.75 Å². The Morgan fingerprint density at radius 3 is 2.83 bits per heavy atom. The smallest absolute Gasteiger partial charge is 0.261 e. The van der Waals surface area contributed by atoms with Gasteiger partial charge >= 0.3 is 0 Å². The van der Waals surface area contributed by atoms with E-state index in [0.29, 0.717) is 34.3 Å². The summed E-state index contributed by atoms with van der Waals surface area (Å²) in [5.41, 5.74) is 1.16. The summed E-state index contributed by atoms with van der Waals surface area (Å²) in [5, 5.41) is 3.26. The predicted octanol–water partition coefficient (Wildman–Crippen LogP) is 3.95. The van der Waals surface area contributed by atoms with Crippen LogP contribution in [0.2, 0.25) is 0 Å². The third-order valence-corrected chi connectivity index (χ3v) is 4.94. The van der Waals surface area contributed by atoms with Crippen LogP contribution < -0.4 is 10.1 Å². The number of hydrogen-bond acceptors (Lipinski definition) is 5. The van der Waals surface area contributed by atoms with Crippen LogP contribution in [-0.4, -0.2) is 23.3 Å². The molecule has 0 fully saturated rings. The molecule has 1 aliphatic rings. The van der Waals surface area contributed by atoms with Crippen LogP contribution in [0.3, 0.4) is 0 Å². The van der Waals surface area contributed by atoms with Crippen LogP contribution in [0, 0.1) is 5.41 Å². The summed E-state index contributed by atoms with van der Waals surface area (Å²) in [6.07, 6.45) is 1.26. The fourth-order valence-corrected chi connectivity index (χ4v) is 3.79. The number of benzene rings is 1. The Hall–Kier alpha value is -2.21. The Morgan fingerprint density at radius 2 is 2.08 bits per heavy atom. The number of rotatable bonds is 4. The molecule has 24 heavy (non-hydrogen) atoms. The molecule has 1 N–H and O–H groups in total. The molecule has 0 bridgehead atoms. The SMILES string of the molecule is CCOc1ccccc1C(=O)Nc1nc2c(s1)C(=O)CC(C)(C)C2. The number of hydrogen-bond donors (Lipinski definition) is 1. The molecule has 3 rings (SSSR count). The van der Waals surface area contributed by atoms with E-state index in [2.05, 4.69) is 24.1 Å². The quantitative estimate of drug-likeness (QED) is 0.912. The maximum absolute atomic E-state index is 12.5. The monoisotopic (exact) mass is 344 g/mol. The first-order valence-electron chi connectivity index (χ1n) is 7.96. The normalized spacial score (nSPS) is 15.7. The Balaban J connectivity index is 1.83. The number of aromatic nitrogens is 1. The first-order chi connectivity index (χ1) is 11.4. The molecule has 126 valence electrons. The number of thiazole rings is 1. The average Bonchev–Trinajstić information content (AvgIpc) is 2.89. The van der Waals surface area contributed by atoms with E-state index in [0.717, 1.165) is 12.1 Å². The molecule has 0 atom stereocenters. The first kappa shape index (κ1) is 16.6. The number of fused-ring (bicyclic) bond motifs is 1. The Labute approximate surface area is 145 Å². The number of ketones is 1. The minimum Gasteiger partial charge on any atom is -0.493 e. The molecule has 0 saturated carbocycles. The number of carbonyl (C=O) groups is 2. The third-order valence-electron chi connectivity index (χ3n) is 3.89. The lowest BCUT2D eigenvalue weighted by atomic mass is 9.78. The maximum atomic E-state index is 12.5. The third kappa shape index (κ3) is 3.33. The molecule has 0 radical (unpaired) electrons. The standard InChI is InChI=1S/C18H20N2O3S/c1-4-23-14-8-6-5-7-11(14)16(22)20-17-19-12-9-18(2,3)10-13(21)15(12)24-17/h5-8H,4,9-10H2,1-3H3,(H,19,20,22). The lowest BCUT2D eigenvalue weighted by molar-refractivity contribution is 0.0915. The molecule has 0 aliphatic heterocycles. The summed E-state index contributed by atoms with van der Waals surface area (Å²) in [6, 6.07) is 7.08. The van der Waals surface area contributed by atoms with Gasteiger partial charge in [-0.1, -0.05) is 37.3 Å². The summed E-state index contributed by atoms with van der Waals surface area (Å²) in [4.78, 5) is 29.9. The van der Waals surface area contributed by atoms with Gasteiger partial charge in [-0.05, 0) is 30.9 Å². The lowest BCUT2D eigenvalue weighted by Gasteiger charge is -2.26. The summed E-state index contributed by atoms with van der Waals surface area (Å²) in [5.74, 6) is 0.363. The number of nitrogens with one attached hydrogen (secondary N) is 1. The second-order valence-corrected chi connectivity index (χ2v) is 7.62. The van der Waals surface area contributed by atoms with Crippen molar-refractivity contribution in [2.75, 3.05) is 11.9 Å². The van der Waals surface area contributed by atoms with Gasteiger partial charge in [0.25, 0.3) is 5.91 Å². The van der Waals surface area contributed by atoms with Crippen LogP contribution in [-0.2, 0) is 6.42 Å². The molecule has 6 heteroatoms. The van der Waals surface area contributed by atoms with Crippen molar-refractivity contribution < 1.29 is 14.3 Å². The van der Waals surface area contributed by atoms with Crippen molar-refractivity contribution in [1.82, 2.24) is 4.98 Å². The molecule has 5 nitrogen and oxygen atoms in total. The number of Topliss-reactive ketones (excluding diaryl/α,β-unsaturated/α-hetero) is 1. The van der Waals surface area contributed by atoms with Crippen molar-refractivity contribution in [1.29, 1.82) is 0 Å². The molecule has 1 heterocycles. The van der Waals surface area contributed by atoms with Crippen molar-refractivity contribution in [2.45, 2.75) is 33.6 Å². The minimum absolute atomic E-state index is 0.0823. The van der Waals surface area contributed by atoms with Gasteiger partial charge in [0.15, 0.2) is 10.9 Å². The molecule has 2 aromatic rings. The highest BCUT2D eigenvalue weighted by atomic mass is 32.1. The zero-order chi connectivity index (χ0) is 17.3. The minimum atomic E-state index is -0.281. The van der Waals surface area contributed by atoms with Crippen molar-refractivity contribution in [3.05, 3.63) is 40.4 Å². The number of carbonyl (C=O) groups excluding carboxylic acids is 2. The number of nitrogens with zero attached hydrogens (tertiary/aromatic N) is 1. The van der Waals surface area contributed by atoms with Gasteiger partial charge in [0.2, 0.25) is 0 Å². The van der Waals surface area contributed by atoms with Gasteiger partial charge in [0.1, 0.15) is 5.75 Å². The van der Waals surface area contributed by atoms with Crippen molar-refractivity contribution in [2.24, 2.45) is 5.41 Å². The molecule has 0 unspecified atom stereocenters. The van der Waals surface area contributed by atoms with Crippen molar-refractivity contribution >= 4 is 28.2 Å². The summed E-state index contributed by atoms with van der Waals surface area (Å²) >= 11 is 1.25. The van der Waals surface area contributed by atoms with E-state index in [-0.39, 0.29) is 17.1 Å². The van der Waals surface area contributed by atoms with Crippen LogP contribution in [0.4, 0.5) is 5.13 Å². The topological polar surface area (TPSA) is 68.3 Å². The zero-order valence-corrected chi connectivity index (χ0v) is 14.8. The van der Waals surface area contributed by atoms with E-state index in [1.54, 1.807) is 18.2 Å². The van der Waals surface area contributed by atoms with Gasteiger partial charge in [-0.25, -0.2) is 4.98 Å². The summed E-state index contributed by atoms with van der Waals surface area (Å²) < 4.78 is 5.49. The second kappa shape index (κ2) is 6.36. The fourth-order valence-electron chi connectivity index (χ4n) is 2.87. The van der Waals surface area contributed by atoms with Crippen LogP contribution in [0.25, 0.3) is 0 Å². The van der Waals surface area contributed by atoms with Gasteiger partial charge in [-0.3, -0.25) is 14.9 Å². The molecule has 1 aromatic carbocycles. The highest BCUT2D eigenvalue weighted by Gasteiger charge is 2.34. The largest absolute Gasteiger partial charge is 0.493 e. The Kier molecular flexibility index (Phi) is 4.41. The number of amides is 1. The molecule has 1 aliphatic carbocycles. The van der Waals surface area contributed by atoms with Crippen LogP contribution in [0.1, 0.15) is 52.9 Å². The molecular formula is C18H20N2O3S. The number of ether oxygens (including phenoxy) is 1. The highest BCUT2D eigenvalue weighted by Crippen LogP contribution is 2.38. The summed E-state index contributed by atoms with van der Waals surface area (Å²) in [6.45, 7) is 6.48. The average molecular weight is 344 g/mol. The van der Waals surface area contributed by atoms with Gasteiger partial charge < -0.3 is 4.74 Å². The number of para-hydroxylation sites is 1. The Bertz CT molecular complexity index is 795. The summed E-state index contributed by atoms with van der Waals surface area (Å²) in [7, 11) is 0. The zero-order valence-electron chi connectivity index (χ0n) is 14.0. The molecule has 0 spiro atoms. The van der Waals surface area contributed by atoms with Crippen LogP contribution >= 0.6 is 11.3 Å². The van der Waals surface area contributed by atoms with Gasteiger partial charge in [-0.15, -0.1) is 0 Å². The van der Waals surface area contributed by atoms with Crippen molar-refractivity contribution in [3.8, 4) is 5.75 Å². The van der Waals surface area contributed by atoms with E-state index in [9.17, 15) is 9.59 Å². The maximum Gasteiger partial charge on any atom is 0.261 e. The van der Waals surface area contributed by atoms with E-state index in [1.165, 1.54) is 11.3 Å². The van der Waals surface area contributed by atoms with Gasteiger partial charge in [0, 0.05) is 6.42 Å². The van der Waals surface area contributed by atoms with Crippen molar-refractivity contribution in [3.63, 3.8) is 0 Å². The molecular weight excluding hydrogens is 324 g/mol. The lowest BCUT2D eigenvalue weighted by Crippen LogP contribution is -2.26. The Morgan fingerprint density at radius 1 is 1.33 bits per heavy atom. The predicted molar refractivity (Wildman–Crippen MR) is 94.1 cm³/mol. The molecule has 0 saturated heterocycles. The molecule has 1 aromatic heterocycles.